The first-order chi connectivity index (χ1) is 18.0. The summed E-state index contributed by atoms with van der Waals surface area (Å²) in [7, 11) is 1.77. The Morgan fingerprint density at radius 3 is 2.35 bits per heavy atom. The van der Waals surface area contributed by atoms with Crippen LogP contribution in [0.2, 0.25) is 0 Å². The number of hydrogen-bond donors (Lipinski definition) is 1. The Morgan fingerprint density at radius 1 is 1.05 bits per heavy atom. The zero-order chi connectivity index (χ0) is 26.4. The Kier molecular flexibility index (Phi) is 9.71. The molecule has 0 spiro atoms. The van der Waals surface area contributed by atoms with Crippen LogP contribution in [-0.2, 0) is 14.3 Å². The summed E-state index contributed by atoms with van der Waals surface area (Å²) < 4.78 is 16.7. The molecule has 2 heterocycles. The molecule has 2 fully saturated rings. The number of fused-ring (bicyclic) bond motifs is 1. The van der Waals surface area contributed by atoms with Crippen molar-refractivity contribution in [3.05, 3.63) is 23.8 Å². The lowest BCUT2D eigenvalue weighted by molar-refractivity contribution is -0.145. The van der Waals surface area contributed by atoms with Gasteiger partial charge in [-0.05, 0) is 68.6 Å². The van der Waals surface area contributed by atoms with Crippen LogP contribution in [0.15, 0.2) is 18.2 Å². The molecule has 4 rings (SSSR count). The molecular weight excluding hydrogens is 472 g/mol. The normalized spacial score (nSPS) is 27.4. The number of rotatable bonds is 12. The summed E-state index contributed by atoms with van der Waals surface area (Å²) in [6.07, 6.45) is 8.89. The molecule has 1 aromatic rings. The van der Waals surface area contributed by atoms with Gasteiger partial charge in [0.05, 0.1) is 12.6 Å². The molecule has 37 heavy (non-hydrogen) atoms. The summed E-state index contributed by atoms with van der Waals surface area (Å²) in [4.78, 5) is 30.4. The maximum Gasteiger partial charge on any atom is 0.321 e. The first kappa shape index (κ1) is 27.7. The third kappa shape index (κ3) is 6.40. The smallest absolute Gasteiger partial charge is 0.321 e. The topological polar surface area (TPSA) is 88.5 Å². The number of benzene rings is 1. The highest BCUT2D eigenvalue weighted by molar-refractivity contribution is 5.81. The van der Waals surface area contributed by atoms with Gasteiger partial charge in [-0.3, -0.25) is 14.5 Å². The molecule has 0 aromatic heterocycles. The summed E-state index contributed by atoms with van der Waals surface area (Å²) >= 11 is 0. The number of carbonyl (C=O) groups excluding carboxylic acids is 1. The predicted molar refractivity (Wildman–Crippen MR) is 141 cm³/mol. The molecule has 3 unspecified atom stereocenters. The van der Waals surface area contributed by atoms with Crippen molar-refractivity contribution in [3.8, 4) is 11.5 Å². The highest BCUT2D eigenvalue weighted by Gasteiger charge is 2.49. The second-order valence-corrected chi connectivity index (χ2v) is 10.8. The Labute approximate surface area is 221 Å². The number of carboxylic acids is 1. The quantitative estimate of drug-likeness (QED) is 0.432. The maximum atomic E-state index is 13.6. The van der Waals surface area contributed by atoms with Crippen molar-refractivity contribution in [1.29, 1.82) is 0 Å². The third-order valence-electron chi connectivity index (χ3n) is 8.57. The summed E-state index contributed by atoms with van der Waals surface area (Å²) in [6, 6.07) is 5.06. The van der Waals surface area contributed by atoms with Crippen molar-refractivity contribution < 1.29 is 28.9 Å². The maximum absolute atomic E-state index is 13.6. The summed E-state index contributed by atoms with van der Waals surface area (Å²) in [5.74, 6) is 0.674. The first-order valence-electron chi connectivity index (χ1n) is 14.1. The second-order valence-electron chi connectivity index (χ2n) is 10.8. The fraction of sp³-hybridized carbons (Fsp3) is 0.724. The van der Waals surface area contributed by atoms with Crippen LogP contribution < -0.4 is 9.47 Å². The molecule has 8 heteroatoms. The molecule has 3 aliphatic rings. The second kappa shape index (κ2) is 13.0. The standard InChI is InChI=1S/C29H44N2O6/c1-4-6-14-30(15-7-5-2)27(32)18-31-24(20-8-11-22(35-3)12-9-20)17-23(28(31)29(33)34)21-10-13-25-26(16-21)37-19-36-25/h10,13,16,20,22-24,28H,4-9,11-12,14-15,17-19H2,1-3H3,(H,33,34). The number of likely N-dealkylation sites (tertiary alicyclic amines) is 1. The van der Waals surface area contributed by atoms with Gasteiger partial charge >= 0.3 is 5.97 Å². The van der Waals surface area contributed by atoms with Crippen LogP contribution in [0.5, 0.6) is 11.5 Å². The summed E-state index contributed by atoms with van der Waals surface area (Å²) in [5.41, 5.74) is 0.941. The molecule has 2 aliphatic heterocycles. The van der Waals surface area contributed by atoms with Crippen molar-refractivity contribution in [3.63, 3.8) is 0 Å². The lowest BCUT2D eigenvalue weighted by Gasteiger charge is -2.38. The zero-order valence-electron chi connectivity index (χ0n) is 22.7. The Balaban J connectivity index is 1.61. The number of nitrogens with zero attached hydrogens (tertiary/aromatic N) is 2. The predicted octanol–water partition coefficient (Wildman–Crippen LogP) is 4.66. The van der Waals surface area contributed by atoms with Gasteiger partial charge < -0.3 is 24.2 Å². The Morgan fingerprint density at radius 2 is 1.73 bits per heavy atom. The fourth-order valence-corrected chi connectivity index (χ4v) is 6.44. The first-order valence-corrected chi connectivity index (χ1v) is 14.1. The molecule has 1 saturated heterocycles. The van der Waals surface area contributed by atoms with Crippen molar-refractivity contribution in [2.24, 2.45) is 5.92 Å². The largest absolute Gasteiger partial charge is 0.480 e. The molecule has 3 atom stereocenters. The monoisotopic (exact) mass is 516 g/mol. The van der Waals surface area contributed by atoms with Crippen molar-refractivity contribution in [2.75, 3.05) is 33.5 Å². The SMILES string of the molecule is CCCCN(CCCC)C(=O)CN1C(C2CCC(OC)CC2)CC(c2ccc3c(c2)OCO3)C1C(=O)O. The van der Waals surface area contributed by atoms with Gasteiger partial charge in [-0.2, -0.15) is 0 Å². The molecule has 1 saturated carbocycles. The highest BCUT2D eigenvalue weighted by atomic mass is 16.7. The number of unbranched alkanes of at least 4 members (excludes halogenated alkanes) is 2. The number of carbonyl (C=O) groups is 2. The van der Waals surface area contributed by atoms with E-state index >= 15 is 0 Å². The number of carboxylic acid groups (broad SMARTS) is 1. The Hall–Kier alpha value is -2.32. The van der Waals surface area contributed by atoms with Gasteiger partial charge in [0.1, 0.15) is 6.04 Å². The van der Waals surface area contributed by atoms with E-state index in [1.165, 1.54) is 0 Å². The minimum atomic E-state index is -0.864. The summed E-state index contributed by atoms with van der Waals surface area (Å²) in [6.45, 7) is 6.06. The molecule has 1 aromatic carbocycles. The zero-order valence-corrected chi connectivity index (χ0v) is 22.7. The van der Waals surface area contributed by atoms with Crippen LogP contribution in [0.3, 0.4) is 0 Å². The van der Waals surface area contributed by atoms with Crippen molar-refractivity contribution >= 4 is 11.9 Å². The number of amides is 1. The van der Waals surface area contributed by atoms with Gasteiger partial charge in [-0.1, -0.05) is 32.8 Å². The minimum Gasteiger partial charge on any atom is -0.480 e. The van der Waals surface area contributed by atoms with E-state index in [2.05, 4.69) is 13.8 Å². The van der Waals surface area contributed by atoms with Crippen molar-refractivity contribution in [1.82, 2.24) is 9.80 Å². The van der Waals surface area contributed by atoms with E-state index in [1.807, 2.05) is 28.0 Å². The molecule has 8 nitrogen and oxygen atoms in total. The van der Waals surface area contributed by atoms with Gasteiger partial charge in [-0.25, -0.2) is 0 Å². The van der Waals surface area contributed by atoms with Crippen LogP contribution in [0.1, 0.15) is 83.1 Å². The minimum absolute atomic E-state index is 0.0393. The van der Waals surface area contributed by atoms with Gasteiger partial charge in [0, 0.05) is 32.2 Å². The average molecular weight is 517 g/mol. The highest BCUT2D eigenvalue weighted by Crippen LogP contribution is 2.46. The number of ether oxygens (including phenoxy) is 3. The molecule has 0 bridgehead atoms. The average Bonchev–Trinajstić information content (AvgIpc) is 3.53. The lowest BCUT2D eigenvalue weighted by atomic mass is 9.80. The van der Waals surface area contributed by atoms with Crippen LogP contribution in [-0.4, -0.2) is 78.5 Å². The van der Waals surface area contributed by atoms with Crippen LogP contribution >= 0.6 is 0 Å². The number of methoxy groups -OCH3 is 1. The fourth-order valence-electron chi connectivity index (χ4n) is 6.44. The van der Waals surface area contributed by atoms with E-state index < -0.39 is 12.0 Å². The van der Waals surface area contributed by atoms with E-state index in [9.17, 15) is 14.7 Å². The summed E-state index contributed by atoms with van der Waals surface area (Å²) in [5, 5.41) is 10.5. The van der Waals surface area contributed by atoms with E-state index in [0.29, 0.717) is 17.4 Å². The van der Waals surface area contributed by atoms with Crippen molar-refractivity contribution in [2.45, 2.75) is 95.7 Å². The van der Waals surface area contributed by atoms with Crippen LogP contribution in [0, 0.1) is 5.92 Å². The van der Waals surface area contributed by atoms with E-state index in [4.69, 9.17) is 14.2 Å². The van der Waals surface area contributed by atoms with Gasteiger partial charge in [0.2, 0.25) is 12.7 Å². The molecule has 1 amide bonds. The Bertz CT molecular complexity index is 908. The van der Waals surface area contributed by atoms with Crippen LogP contribution in [0.4, 0.5) is 0 Å². The molecule has 206 valence electrons. The molecule has 1 N–H and O–H groups in total. The van der Waals surface area contributed by atoms with Gasteiger partial charge in [0.25, 0.3) is 0 Å². The number of aliphatic carboxylic acids is 1. The molecular formula is C29H44N2O6. The molecule has 1 aliphatic carbocycles. The lowest BCUT2D eigenvalue weighted by Crippen LogP contribution is -2.51. The number of hydrogen-bond acceptors (Lipinski definition) is 6. The van der Waals surface area contributed by atoms with E-state index in [1.54, 1.807) is 7.11 Å². The van der Waals surface area contributed by atoms with Gasteiger partial charge in [0.15, 0.2) is 11.5 Å². The van der Waals surface area contributed by atoms with E-state index in [-0.39, 0.29) is 37.3 Å². The van der Waals surface area contributed by atoms with Crippen LogP contribution in [0.25, 0.3) is 0 Å². The third-order valence-corrected chi connectivity index (χ3v) is 8.57. The van der Waals surface area contributed by atoms with Gasteiger partial charge in [-0.15, -0.1) is 0 Å². The van der Waals surface area contributed by atoms with E-state index in [0.717, 1.165) is 76.4 Å². The molecule has 0 radical (unpaired) electrons.